The van der Waals surface area contributed by atoms with E-state index in [-0.39, 0.29) is 17.4 Å². The van der Waals surface area contributed by atoms with Gasteiger partial charge >= 0.3 is 0 Å². The number of aliphatic imine (C=N–C) groups is 1. The Kier molecular flexibility index (Phi) is 2.90. The Hall–Kier alpha value is -0.710. The van der Waals surface area contributed by atoms with Gasteiger partial charge in [-0.25, -0.2) is 13.2 Å². The quantitative estimate of drug-likeness (QED) is 0.550. The van der Waals surface area contributed by atoms with Crippen LogP contribution in [-0.4, -0.2) is 42.8 Å². The minimum absolute atomic E-state index is 0.0980. The summed E-state index contributed by atoms with van der Waals surface area (Å²) in [7, 11) is -2.89. The molecule has 0 bridgehead atoms. The predicted octanol–water partition coefficient (Wildman–Crippen LogP) is 0.0405. The molecule has 0 aromatic rings. The van der Waals surface area contributed by atoms with Gasteiger partial charge < -0.3 is 5.11 Å². The maximum Gasteiger partial charge on any atom is 0.235 e. The van der Waals surface area contributed by atoms with Gasteiger partial charge in [-0.1, -0.05) is 0 Å². The van der Waals surface area contributed by atoms with Gasteiger partial charge in [-0.05, 0) is 31.6 Å². The molecule has 5 nitrogen and oxygen atoms in total. The van der Waals surface area contributed by atoms with E-state index in [0.29, 0.717) is 25.7 Å². The number of hydrogen-bond donors (Lipinski definition) is 1. The Balaban J connectivity index is 2.09. The van der Waals surface area contributed by atoms with Crippen LogP contribution in [0.15, 0.2) is 4.99 Å². The highest BCUT2D eigenvalue weighted by Crippen LogP contribution is 2.46. The third kappa shape index (κ3) is 2.05. The lowest BCUT2D eigenvalue weighted by molar-refractivity contribution is -0.00930. The summed E-state index contributed by atoms with van der Waals surface area (Å²) in [6.45, 7) is 0. The maximum atomic E-state index is 11.3. The zero-order valence-electron chi connectivity index (χ0n) is 8.92. The number of aliphatic hydroxyl groups excluding tert-OH is 1. The van der Waals surface area contributed by atoms with E-state index in [4.69, 9.17) is 0 Å². The van der Waals surface area contributed by atoms with Gasteiger partial charge in [0.05, 0.1) is 23.1 Å². The van der Waals surface area contributed by atoms with Crippen LogP contribution < -0.4 is 0 Å². The first-order valence-electron chi connectivity index (χ1n) is 5.45. The van der Waals surface area contributed by atoms with Crippen LogP contribution in [0.4, 0.5) is 0 Å². The highest BCUT2D eigenvalue weighted by Gasteiger charge is 2.50. The zero-order valence-corrected chi connectivity index (χ0v) is 9.74. The van der Waals surface area contributed by atoms with Crippen LogP contribution in [-0.2, 0) is 14.6 Å². The topological polar surface area (TPSA) is 83.8 Å². The van der Waals surface area contributed by atoms with E-state index in [1.54, 1.807) is 6.08 Å². The van der Waals surface area contributed by atoms with Crippen molar-refractivity contribution in [2.24, 2.45) is 10.9 Å². The lowest BCUT2D eigenvalue weighted by Crippen LogP contribution is -2.53. The van der Waals surface area contributed by atoms with E-state index < -0.39 is 21.5 Å². The smallest absolute Gasteiger partial charge is 0.235 e. The molecule has 1 N–H and O–H groups in total. The lowest BCUT2D eigenvalue weighted by atomic mass is 9.65. The number of carbonyl (C=O) groups excluding carboxylic acids is 1. The Morgan fingerprint density at radius 1 is 1.25 bits per heavy atom. The summed E-state index contributed by atoms with van der Waals surface area (Å²) in [5.74, 6) is 0.439. The number of aliphatic hydroxyl groups is 1. The number of sulfone groups is 1. The molecule has 0 spiro atoms. The second-order valence-electron chi connectivity index (χ2n) is 4.79. The first kappa shape index (κ1) is 11.8. The third-order valence-corrected chi connectivity index (χ3v) is 5.48. The van der Waals surface area contributed by atoms with Crippen molar-refractivity contribution in [3.63, 3.8) is 0 Å². The summed E-state index contributed by atoms with van der Waals surface area (Å²) < 4.78 is 22.6. The molecule has 0 atom stereocenters. The van der Waals surface area contributed by atoms with Crippen molar-refractivity contribution in [1.82, 2.24) is 0 Å². The molecule has 6 heteroatoms. The molecule has 2 aliphatic rings. The van der Waals surface area contributed by atoms with Crippen LogP contribution in [0.3, 0.4) is 0 Å². The molecule has 1 saturated carbocycles. The van der Waals surface area contributed by atoms with Gasteiger partial charge in [0.25, 0.3) is 0 Å². The van der Waals surface area contributed by atoms with E-state index in [0.717, 1.165) is 0 Å². The molecule has 1 heterocycles. The van der Waals surface area contributed by atoms with Crippen molar-refractivity contribution in [2.45, 2.75) is 37.3 Å². The van der Waals surface area contributed by atoms with Gasteiger partial charge in [0.2, 0.25) is 6.08 Å². The zero-order chi connectivity index (χ0) is 11.8. The number of rotatable bonds is 2. The summed E-state index contributed by atoms with van der Waals surface area (Å²) in [5.41, 5.74) is -0.531. The molecule has 16 heavy (non-hydrogen) atoms. The summed E-state index contributed by atoms with van der Waals surface area (Å²) in [6, 6.07) is 0. The molecule has 90 valence electrons. The standard InChI is InChI=1S/C10H15NO4S/c12-7-11-10(5-9(13)6-10)8-1-3-16(14,15)4-2-8/h8-9,13H,1-6H2. The van der Waals surface area contributed by atoms with Crippen molar-refractivity contribution in [1.29, 1.82) is 0 Å². The molecule has 0 unspecified atom stereocenters. The van der Waals surface area contributed by atoms with Gasteiger partial charge in [0, 0.05) is 0 Å². The Morgan fingerprint density at radius 3 is 2.25 bits per heavy atom. The van der Waals surface area contributed by atoms with Crippen molar-refractivity contribution in [3.8, 4) is 0 Å². The maximum absolute atomic E-state index is 11.3. The third-order valence-electron chi connectivity index (χ3n) is 3.76. The van der Waals surface area contributed by atoms with Crippen LogP contribution in [0.5, 0.6) is 0 Å². The second-order valence-corrected chi connectivity index (χ2v) is 7.10. The fraction of sp³-hybridized carbons (Fsp3) is 0.900. The van der Waals surface area contributed by atoms with E-state index in [2.05, 4.69) is 4.99 Å². The van der Waals surface area contributed by atoms with Gasteiger partial charge in [0.1, 0.15) is 9.84 Å². The monoisotopic (exact) mass is 245 g/mol. The SMILES string of the molecule is O=C=NC1(C2CCS(=O)(=O)CC2)CC(O)C1. The van der Waals surface area contributed by atoms with Gasteiger partial charge in [-0.15, -0.1) is 0 Å². The molecule has 1 aliphatic carbocycles. The summed E-state index contributed by atoms with van der Waals surface area (Å²) >= 11 is 0. The van der Waals surface area contributed by atoms with Crippen LogP contribution in [0.25, 0.3) is 0 Å². The Bertz CT molecular complexity index is 404. The molecular weight excluding hydrogens is 230 g/mol. The molecule has 0 aromatic heterocycles. The van der Waals surface area contributed by atoms with E-state index in [1.165, 1.54) is 0 Å². The van der Waals surface area contributed by atoms with Gasteiger partial charge in [-0.3, -0.25) is 0 Å². The number of nitrogens with zero attached hydrogens (tertiary/aromatic N) is 1. The fourth-order valence-corrected chi connectivity index (χ4v) is 4.28. The average molecular weight is 245 g/mol. The number of hydrogen-bond acceptors (Lipinski definition) is 5. The molecular formula is C10H15NO4S. The van der Waals surface area contributed by atoms with Crippen LogP contribution >= 0.6 is 0 Å². The van der Waals surface area contributed by atoms with Crippen LogP contribution in [0.1, 0.15) is 25.7 Å². The molecule has 0 radical (unpaired) electrons. The summed E-state index contributed by atoms with van der Waals surface area (Å²) in [5, 5.41) is 9.34. The highest BCUT2D eigenvalue weighted by atomic mass is 32.2. The molecule has 2 rings (SSSR count). The molecule has 0 aromatic carbocycles. The van der Waals surface area contributed by atoms with Gasteiger partial charge in [0.15, 0.2) is 0 Å². The van der Waals surface area contributed by atoms with Crippen molar-refractivity contribution in [3.05, 3.63) is 0 Å². The first-order valence-corrected chi connectivity index (χ1v) is 7.27. The molecule has 1 saturated heterocycles. The highest BCUT2D eigenvalue weighted by molar-refractivity contribution is 7.91. The van der Waals surface area contributed by atoms with E-state index in [9.17, 15) is 18.3 Å². The van der Waals surface area contributed by atoms with Crippen molar-refractivity contribution < 1.29 is 18.3 Å². The summed E-state index contributed by atoms with van der Waals surface area (Å²) in [4.78, 5) is 14.2. The second kappa shape index (κ2) is 3.95. The van der Waals surface area contributed by atoms with Crippen molar-refractivity contribution in [2.75, 3.05) is 11.5 Å². The summed E-state index contributed by atoms with van der Waals surface area (Å²) in [6.07, 6.45) is 3.17. The lowest BCUT2D eigenvalue weighted by Gasteiger charge is -2.47. The van der Waals surface area contributed by atoms with Crippen LogP contribution in [0.2, 0.25) is 0 Å². The first-order chi connectivity index (χ1) is 7.47. The largest absolute Gasteiger partial charge is 0.393 e. The normalized spacial score (nSPS) is 38.4. The fourth-order valence-electron chi connectivity index (χ4n) is 2.79. The Morgan fingerprint density at radius 2 is 1.81 bits per heavy atom. The van der Waals surface area contributed by atoms with E-state index in [1.807, 2.05) is 0 Å². The minimum atomic E-state index is -2.89. The predicted molar refractivity (Wildman–Crippen MR) is 57.5 cm³/mol. The van der Waals surface area contributed by atoms with Crippen LogP contribution in [0, 0.1) is 5.92 Å². The van der Waals surface area contributed by atoms with E-state index >= 15 is 0 Å². The van der Waals surface area contributed by atoms with Gasteiger partial charge in [-0.2, -0.15) is 4.99 Å². The average Bonchev–Trinajstić information content (AvgIpc) is 2.15. The Labute approximate surface area is 94.5 Å². The molecule has 0 amide bonds. The minimum Gasteiger partial charge on any atom is -0.393 e. The van der Waals surface area contributed by atoms with Crippen molar-refractivity contribution >= 4 is 15.9 Å². The molecule has 2 fully saturated rings. The molecule has 1 aliphatic heterocycles. The number of isocyanates is 1.